The van der Waals surface area contributed by atoms with Crippen molar-refractivity contribution < 1.29 is 4.74 Å². The quantitative estimate of drug-likeness (QED) is 0.860. The molecule has 0 aromatic carbocycles. The fourth-order valence-electron chi connectivity index (χ4n) is 4.94. The predicted molar refractivity (Wildman–Crippen MR) is 83.0 cm³/mol. The van der Waals surface area contributed by atoms with Gasteiger partial charge in [-0.25, -0.2) is 0 Å². The molecule has 0 bridgehead atoms. The average molecular weight is 280 g/mol. The zero-order valence-electron chi connectivity index (χ0n) is 13.7. The monoisotopic (exact) mass is 280 g/mol. The van der Waals surface area contributed by atoms with E-state index in [-0.39, 0.29) is 0 Å². The lowest BCUT2D eigenvalue weighted by Crippen LogP contribution is -2.71. The predicted octanol–water partition coefficient (Wildman–Crippen LogP) is 2.80. The van der Waals surface area contributed by atoms with E-state index in [4.69, 9.17) is 4.74 Å². The molecule has 3 heteroatoms. The van der Waals surface area contributed by atoms with E-state index < -0.39 is 0 Å². The molecule has 3 atom stereocenters. The fraction of sp³-hybridized carbons (Fsp3) is 1.00. The van der Waals surface area contributed by atoms with Crippen LogP contribution in [0.4, 0.5) is 0 Å². The minimum Gasteiger partial charge on any atom is -0.381 e. The molecule has 3 aliphatic rings. The first-order valence-corrected chi connectivity index (χ1v) is 8.56. The Bertz CT molecular complexity index is 349. The second kappa shape index (κ2) is 5.26. The first-order chi connectivity index (χ1) is 9.52. The molecule has 20 heavy (non-hydrogen) atoms. The molecular weight excluding hydrogens is 248 g/mol. The minimum atomic E-state index is 0.305. The molecule has 0 amide bonds. The molecule has 3 fully saturated rings. The zero-order chi connectivity index (χ0) is 14.4. The van der Waals surface area contributed by atoms with Gasteiger partial charge in [0, 0.05) is 43.2 Å². The smallest absolute Gasteiger partial charge is 0.0652 e. The highest BCUT2D eigenvalue weighted by molar-refractivity contribution is 5.09. The van der Waals surface area contributed by atoms with E-state index in [0.717, 1.165) is 0 Å². The third-order valence-electron chi connectivity index (χ3n) is 6.51. The Labute approximate surface area is 124 Å². The van der Waals surface area contributed by atoms with Crippen molar-refractivity contribution in [2.45, 2.75) is 83.0 Å². The van der Waals surface area contributed by atoms with Gasteiger partial charge in [-0.3, -0.25) is 4.90 Å². The number of ether oxygens (including phenoxy) is 1. The summed E-state index contributed by atoms with van der Waals surface area (Å²) in [7, 11) is 1.87. The van der Waals surface area contributed by atoms with E-state index >= 15 is 0 Å². The lowest BCUT2D eigenvalue weighted by Gasteiger charge is -2.60. The highest BCUT2D eigenvalue weighted by Crippen LogP contribution is 2.48. The van der Waals surface area contributed by atoms with Gasteiger partial charge in [0.05, 0.1) is 6.10 Å². The van der Waals surface area contributed by atoms with Crippen LogP contribution in [0.3, 0.4) is 0 Å². The van der Waals surface area contributed by atoms with Crippen LogP contribution >= 0.6 is 0 Å². The summed E-state index contributed by atoms with van der Waals surface area (Å²) in [5.41, 5.74) is 0.735. The number of methoxy groups -OCH3 is 1. The molecule has 3 unspecified atom stereocenters. The van der Waals surface area contributed by atoms with Crippen LogP contribution in [0.15, 0.2) is 0 Å². The van der Waals surface area contributed by atoms with E-state index in [1.807, 2.05) is 7.11 Å². The number of piperazine rings is 1. The molecule has 1 N–H and O–H groups in total. The maximum Gasteiger partial charge on any atom is 0.0652 e. The van der Waals surface area contributed by atoms with Crippen LogP contribution in [-0.2, 0) is 4.74 Å². The Kier molecular flexibility index (Phi) is 3.89. The lowest BCUT2D eigenvalue weighted by atomic mass is 9.63. The Balaban J connectivity index is 1.75. The minimum absolute atomic E-state index is 0.305. The molecular formula is C17H32N2O. The summed E-state index contributed by atoms with van der Waals surface area (Å²) in [6.45, 7) is 9.57. The van der Waals surface area contributed by atoms with Crippen molar-refractivity contribution in [3.63, 3.8) is 0 Å². The van der Waals surface area contributed by atoms with Crippen LogP contribution in [0.1, 0.15) is 59.3 Å². The van der Waals surface area contributed by atoms with Gasteiger partial charge in [-0.1, -0.05) is 33.6 Å². The van der Waals surface area contributed by atoms with Crippen molar-refractivity contribution in [3.05, 3.63) is 0 Å². The lowest BCUT2D eigenvalue weighted by molar-refractivity contribution is -0.157. The maximum atomic E-state index is 5.67. The van der Waals surface area contributed by atoms with Gasteiger partial charge < -0.3 is 10.1 Å². The number of hydrogen-bond acceptors (Lipinski definition) is 3. The number of rotatable bonds is 3. The van der Waals surface area contributed by atoms with Crippen LogP contribution in [0.5, 0.6) is 0 Å². The van der Waals surface area contributed by atoms with Crippen molar-refractivity contribution in [1.82, 2.24) is 10.2 Å². The molecule has 1 saturated heterocycles. The molecule has 1 heterocycles. The highest BCUT2D eigenvalue weighted by atomic mass is 16.5. The summed E-state index contributed by atoms with van der Waals surface area (Å²) in [5.74, 6) is 0. The molecule has 116 valence electrons. The summed E-state index contributed by atoms with van der Waals surface area (Å²) < 4.78 is 5.67. The fourth-order valence-corrected chi connectivity index (χ4v) is 4.94. The summed E-state index contributed by atoms with van der Waals surface area (Å²) in [6, 6.07) is 1.42. The molecule has 0 aromatic heterocycles. The van der Waals surface area contributed by atoms with E-state index in [2.05, 4.69) is 31.0 Å². The van der Waals surface area contributed by atoms with E-state index in [1.54, 1.807) is 0 Å². The van der Waals surface area contributed by atoms with Crippen LogP contribution in [-0.4, -0.2) is 48.8 Å². The Hall–Kier alpha value is -0.120. The van der Waals surface area contributed by atoms with Crippen LogP contribution in [0.2, 0.25) is 0 Å². The molecule has 3 nitrogen and oxygen atoms in total. The largest absolute Gasteiger partial charge is 0.381 e. The molecule has 0 aromatic rings. The molecule has 0 radical (unpaired) electrons. The second-order valence-electron chi connectivity index (χ2n) is 7.90. The molecule has 2 aliphatic carbocycles. The van der Waals surface area contributed by atoms with Crippen molar-refractivity contribution in [2.75, 3.05) is 20.2 Å². The number of nitrogens with one attached hydrogen (secondary N) is 1. The van der Waals surface area contributed by atoms with Gasteiger partial charge in [0.25, 0.3) is 0 Å². The summed E-state index contributed by atoms with van der Waals surface area (Å²) in [4.78, 5) is 2.84. The van der Waals surface area contributed by atoms with Crippen LogP contribution < -0.4 is 5.32 Å². The topological polar surface area (TPSA) is 24.5 Å². The first kappa shape index (κ1) is 14.8. The average Bonchev–Trinajstić information content (AvgIpc) is 2.87. The van der Waals surface area contributed by atoms with Gasteiger partial charge in [0.1, 0.15) is 0 Å². The Morgan fingerprint density at radius 3 is 2.50 bits per heavy atom. The van der Waals surface area contributed by atoms with Crippen molar-refractivity contribution in [2.24, 2.45) is 5.41 Å². The second-order valence-corrected chi connectivity index (χ2v) is 7.90. The molecule has 2 saturated carbocycles. The third kappa shape index (κ3) is 2.22. The van der Waals surface area contributed by atoms with E-state index in [0.29, 0.717) is 29.1 Å². The van der Waals surface area contributed by atoms with Gasteiger partial charge >= 0.3 is 0 Å². The number of hydrogen-bond donors (Lipinski definition) is 1. The Morgan fingerprint density at radius 1 is 1.25 bits per heavy atom. The normalized spacial score (nSPS) is 39.9. The SMILES string of the molecule is CCC1CNC2(CCCC2)CN1C1CC(OC)C1(C)C. The third-order valence-corrected chi connectivity index (χ3v) is 6.51. The van der Waals surface area contributed by atoms with Gasteiger partial charge in [-0.2, -0.15) is 0 Å². The van der Waals surface area contributed by atoms with Crippen LogP contribution in [0, 0.1) is 5.41 Å². The van der Waals surface area contributed by atoms with E-state index in [1.165, 1.54) is 51.6 Å². The van der Waals surface area contributed by atoms with Crippen molar-refractivity contribution in [3.8, 4) is 0 Å². The first-order valence-electron chi connectivity index (χ1n) is 8.56. The van der Waals surface area contributed by atoms with Crippen molar-refractivity contribution in [1.29, 1.82) is 0 Å². The summed E-state index contributed by atoms with van der Waals surface area (Å²) in [6.07, 6.45) is 8.49. The van der Waals surface area contributed by atoms with Gasteiger partial charge in [0.2, 0.25) is 0 Å². The molecule has 1 spiro atoms. The summed E-state index contributed by atoms with van der Waals surface area (Å²) >= 11 is 0. The Morgan fingerprint density at radius 2 is 1.95 bits per heavy atom. The van der Waals surface area contributed by atoms with Gasteiger partial charge in [-0.15, -0.1) is 0 Å². The van der Waals surface area contributed by atoms with Gasteiger partial charge in [-0.05, 0) is 25.7 Å². The van der Waals surface area contributed by atoms with Gasteiger partial charge in [0.15, 0.2) is 0 Å². The van der Waals surface area contributed by atoms with Crippen molar-refractivity contribution >= 4 is 0 Å². The highest BCUT2D eigenvalue weighted by Gasteiger charge is 2.54. The number of nitrogens with zero attached hydrogens (tertiary/aromatic N) is 1. The standard InChI is InChI=1S/C17H32N2O/c1-5-13-11-18-17(8-6-7-9-17)12-19(13)14-10-15(20-4)16(14,2)3/h13-15,18H,5-12H2,1-4H3. The maximum absolute atomic E-state index is 5.67. The van der Waals surface area contributed by atoms with Crippen LogP contribution in [0.25, 0.3) is 0 Å². The molecule has 3 rings (SSSR count). The molecule has 1 aliphatic heterocycles. The zero-order valence-corrected chi connectivity index (χ0v) is 13.7. The summed E-state index contributed by atoms with van der Waals surface area (Å²) in [5, 5.41) is 3.91. The van der Waals surface area contributed by atoms with E-state index in [9.17, 15) is 0 Å².